The molecule has 0 aliphatic rings. The Morgan fingerprint density at radius 2 is 1.84 bits per heavy atom. The van der Waals surface area contributed by atoms with Crippen LogP contribution in [0, 0.1) is 17.1 Å². The summed E-state index contributed by atoms with van der Waals surface area (Å²) in [5, 5.41) is 13.2. The van der Waals surface area contributed by atoms with Crippen LogP contribution in [0.3, 0.4) is 0 Å². The minimum atomic E-state index is -0.545. The van der Waals surface area contributed by atoms with Gasteiger partial charge in [0.2, 0.25) is 0 Å². The number of fused-ring (bicyclic) bond motifs is 1. The first-order chi connectivity index (χ1) is 12.1. The molecule has 0 atom stereocenters. The van der Waals surface area contributed by atoms with Crippen molar-refractivity contribution in [2.45, 2.75) is 0 Å². The predicted molar refractivity (Wildman–Crippen MR) is 94.3 cm³/mol. The lowest BCUT2D eigenvalue weighted by Crippen LogP contribution is -2.01. The van der Waals surface area contributed by atoms with Crippen molar-refractivity contribution in [3.8, 4) is 17.6 Å². The van der Waals surface area contributed by atoms with Gasteiger partial charge in [0.05, 0.1) is 25.5 Å². The van der Waals surface area contributed by atoms with Gasteiger partial charge in [-0.2, -0.15) is 5.26 Å². The second kappa shape index (κ2) is 6.83. The van der Waals surface area contributed by atoms with Crippen LogP contribution in [0.4, 0.5) is 15.9 Å². The molecule has 0 saturated carbocycles. The van der Waals surface area contributed by atoms with Crippen molar-refractivity contribution in [3.05, 3.63) is 52.8 Å². The highest BCUT2D eigenvalue weighted by Gasteiger charge is 2.15. The van der Waals surface area contributed by atoms with Crippen LogP contribution in [-0.2, 0) is 0 Å². The monoisotopic (exact) mass is 357 g/mol. The normalized spacial score (nSPS) is 10.4. The summed E-state index contributed by atoms with van der Waals surface area (Å²) in [7, 11) is 3.05. The molecule has 3 rings (SSSR count). The van der Waals surface area contributed by atoms with E-state index in [4.69, 9.17) is 21.1 Å². The molecule has 0 aliphatic heterocycles. The summed E-state index contributed by atoms with van der Waals surface area (Å²) >= 11 is 5.76. The van der Waals surface area contributed by atoms with E-state index in [1.165, 1.54) is 26.4 Å². The molecule has 0 saturated heterocycles. The topological polar surface area (TPSA) is 67.2 Å². The summed E-state index contributed by atoms with van der Waals surface area (Å²) in [6.07, 6.45) is 0. The molecule has 5 nitrogen and oxygen atoms in total. The van der Waals surface area contributed by atoms with Crippen LogP contribution in [-0.4, -0.2) is 19.2 Å². The summed E-state index contributed by atoms with van der Waals surface area (Å²) in [5.74, 6) is 0.739. The number of benzene rings is 2. The minimum absolute atomic E-state index is 0.162. The summed E-state index contributed by atoms with van der Waals surface area (Å²) in [4.78, 5) is 4.45. The number of nitrogens with one attached hydrogen (secondary N) is 1. The molecule has 3 aromatic rings. The number of aromatic nitrogens is 1. The average Bonchev–Trinajstić information content (AvgIpc) is 2.62. The summed E-state index contributed by atoms with van der Waals surface area (Å²) in [6.45, 7) is 0. The van der Waals surface area contributed by atoms with Gasteiger partial charge in [-0.1, -0.05) is 11.6 Å². The van der Waals surface area contributed by atoms with E-state index in [-0.39, 0.29) is 22.1 Å². The van der Waals surface area contributed by atoms with Crippen LogP contribution in [0.25, 0.3) is 10.9 Å². The highest BCUT2D eigenvalue weighted by Crippen LogP contribution is 2.35. The van der Waals surface area contributed by atoms with Gasteiger partial charge >= 0.3 is 0 Å². The number of halogens is 2. The number of nitrogens with zero attached hydrogens (tertiary/aromatic N) is 2. The van der Waals surface area contributed by atoms with E-state index < -0.39 is 5.82 Å². The molecular formula is C18H13ClFN3O2. The average molecular weight is 358 g/mol. The van der Waals surface area contributed by atoms with E-state index in [9.17, 15) is 9.65 Å². The van der Waals surface area contributed by atoms with Crippen molar-refractivity contribution in [2.24, 2.45) is 0 Å². The largest absolute Gasteiger partial charge is 0.496 e. The van der Waals surface area contributed by atoms with Crippen molar-refractivity contribution in [2.75, 3.05) is 19.5 Å². The third-order valence-corrected chi connectivity index (χ3v) is 3.89. The number of anilines is 2. The Balaban J connectivity index is 2.19. The van der Waals surface area contributed by atoms with Crippen molar-refractivity contribution in [1.82, 2.24) is 4.98 Å². The van der Waals surface area contributed by atoms with E-state index >= 15 is 0 Å². The molecular weight excluding hydrogens is 345 g/mol. The standard InChI is InChI=1S/C18H13ClFN3O2/c1-24-15-5-6-16(25-2)17-12(15)7-10(9-21)18(23-17)22-14-4-3-11(19)8-13(14)20/h3-8H,1-2H3,(H,22,23). The highest BCUT2D eigenvalue weighted by atomic mass is 35.5. The van der Waals surface area contributed by atoms with Crippen molar-refractivity contribution in [1.29, 1.82) is 5.26 Å². The van der Waals surface area contributed by atoms with Gasteiger partial charge in [0.15, 0.2) is 0 Å². The molecule has 1 heterocycles. The van der Waals surface area contributed by atoms with Gasteiger partial charge < -0.3 is 14.8 Å². The molecule has 0 fully saturated rings. The molecule has 1 N–H and O–H groups in total. The van der Waals surface area contributed by atoms with E-state index in [0.717, 1.165) is 0 Å². The lowest BCUT2D eigenvalue weighted by molar-refractivity contribution is 0.410. The molecule has 0 aliphatic carbocycles. The maximum absolute atomic E-state index is 14.0. The molecule has 7 heteroatoms. The Bertz CT molecular complexity index is 1000. The molecule has 0 spiro atoms. The van der Waals surface area contributed by atoms with Crippen LogP contribution in [0.1, 0.15) is 5.56 Å². The third kappa shape index (κ3) is 3.14. The maximum atomic E-state index is 14.0. The second-order valence-corrected chi connectivity index (χ2v) is 5.55. The van der Waals surface area contributed by atoms with Crippen molar-refractivity contribution < 1.29 is 13.9 Å². The van der Waals surface area contributed by atoms with Crippen LogP contribution in [0.15, 0.2) is 36.4 Å². The Hall–Kier alpha value is -3.04. The fourth-order valence-corrected chi connectivity index (χ4v) is 2.61. The van der Waals surface area contributed by atoms with Gasteiger partial charge in [0.1, 0.15) is 34.7 Å². The lowest BCUT2D eigenvalue weighted by atomic mass is 10.1. The zero-order chi connectivity index (χ0) is 18.0. The molecule has 126 valence electrons. The fourth-order valence-electron chi connectivity index (χ4n) is 2.45. The molecule has 25 heavy (non-hydrogen) atoms. The SMILES string of the molecule is COc1ccc(OC)c2nc(Nc3ccc(Cl)cc3F)c(C#N)cc12. The first-order valence-corrected chi connectivity index (χ1v) is 7.63. The van der Waals surface area contributed by atoms with Crippen molar-refractivity contribution >= 4 is 34.0 Å². The number of ether oxygens (including phenoxy) is 2. The van der Waals surface area contributed by atoms with E-state index in [2.05, 4.69) is 16.4 Å². The second-order valence-electron chi connectivity index (χ2n) is 5.11. The summed E-state index contributed by atoms with van der Waals surface area (Å²) < 4.78 is 24.7. The molecule has 0 radical (unpaired) electrons. The zero-order valence-corrected chi connectivity index (χ0v) is 14.2. The Morgan fingerprint density at radius 1 is 1.12 bits per heavy atom. The smallest absolute Gasteiger partial charge is 0.149 e. The zero-order valence-electron chi connectivity index (χ0n) is 13.4. The van der Waals surface area contributed by atoms with Crippen LogP contribution in [0.5, 0.6) is 11.5 Å². The molecule has 2 aromatic carbocycles. The Kier molecular flexibility index (Phi) is 4.59. The summed E-state index contributed by atoms with van der Waals surface area (Å²) in [6, 6.07) is 11.3. The lowest BCUT2D eigenvalue weighted by Gasteiger charge is -2.13. The van der Waals surface area contributed by atoms with Gasteiger partial charge in [-0.3, -0.25) is 0 Å². The van der Waals surface area contributed by atoms with Gasteiger partial charge in [-0.15, -0.1) is 0 Å². The number of rotatable bonds is 4. The van der Waals surface area contributed by atoms with E-state index in [1.807, 2.05) is 0 Å². The first-order valence-electron chi connectivity index (χ1n) is 7.25. The van der Waals surface area contributed by atoms with Crippen molar-refractivity contribution in [3.63, 3.8) is 0 Å². The minimum Gasteiger partial charge on any atom is -0.496 e. The number of hydrogen-bond donors (Lipinski definition) is 1. The highest BCUT2D eigenvalue weighted by molar-refractivity contribution is 6.30. The van der Waals surface area contributed by atoms with E-state index in [1.54, 1.807) is 24.3 Å². The van der Waals surface area contributed by atoms with Crippen LogP contribution in [0.2, 0.25) is 5.02 Å². The van der Waals surface area contributed by atoms with Gasteiger partial charge in [0, 0.05) is 10.4 Å². The molecule has 1 aromatic heterocycles. The number of hydrogen-bond acceptors (Lipinski definition) is 5. The summed E-state index contributed by atoms with van der Waals surface area (Å²) in [5.41, 5.74) is 0.903. The third-order valence-electron chi connectivity index (χ3n) is 3.65. The number of methoxy groups -OCH3 is 2. The molecule has 0 unspecified atom stereocenters. The van der Waals surface area contributed by atoms with E-state index in [0.29, 0.717) is 22.4 Å². The van der Waals surface area contributed by atoms with Gasteiger partial charge in [-0.25, -0.2) is 9.37 Å². The Morgan fingerprint density at radius 3 is 2.48 bits per heavy atom. The van der Waals surface area contributed by atoms with Crippen LogP contribution < -0.4 is 14.8 Å². The fraction of sp³-hybridized carbons (Fsp3) is 0.111. The van der Waals surface area contributed by atoms with Crippen LogP contribution >= 0.6 is 11.6 Å². The number of pyridine rings is 1. The maximum Gasteiger partial charge on any atom is 0.149 e. The molecule has 0 bridgehead atoms. The van der Waals surface area contributed by atoms with Gasteiger partial charge in [-0.05, 0) is 36.4 Å². The Labute approximate surface area is 148 Å². The van der Waals surface area contributed by atoms with Gasteiger partial charge in [0.25, 0.3) is 0 Å². The predicted octanol–water partition coefficient (Wildman–Crippen LogP) is 4.66. The number of nitriles is 1. The first kappa shape index (κ1) is 16.8. The quantitative estimate of drug-likeness (QED) is 0.735. The molecule has 0 amide bonds.